The third-order valence-electron chi connectivity index (χ3n) is 4.58. The van der Waals surface area contributed by atoms with Gasteiger partial charge in [-0.05, 0) is 47.7 Å². The van der Waals surface area contributed by atoms with E-state index in [9.17, 15) is 9.59 Å². The van der Waals surface area contributed by atoms with Gasteiger partial charge in [0.05, 0.1) is 14.2 Å². The van der Waals surface area contributed by atoms with Crippen LogP contribution in [0.5, 0.6) is 17.2 Å². The van der Waals surface area contributed by atoms with Crippen LogP contribution in [0.3, 0.4) is 0 Å². The average Bonchev–Trinajstić information content (AvgIpc) is 2.79. The second-order valence-electron chi connectivity index (χ2n) is 6.62. The fourth-order valence-electron chi connectivity index (χ4n) is 2.72. The first-order valence-corrected chi connectivity index (χ1v) is 9.69. The molecule has 1 unspecified atom stereocenters. The summed E-state index contributed by atoms with van der Waals surface area (Å²) in [6.07, 6.45) is 3.87. The first kappa shape index (κ1) is 22.8. The van der Waals surface area contributed by atoms with E-state index < -0.39 is 11.8 Å². The molecule has 7 heteroatoms. The minimum absolute atomic E-state index is 0.201. The summed E-state index contributed by atoms with van der Waals surface area (Å²) in [5, 5.41) is 0. The number of carbonyl (C=O) groups is 2. The number of para-hydroxylation sites is 1. The van der Waals surface area contributed by atoms with Crippen LogP contribution in [0.15, 0.2) is 48.5 Å². The summed E-state index contributed by atoms with van der Waals surface area (Å²) in [5.41, 5.74) is 6.46. The second-order valence-corrected chi connectivity index (χ2v) is 6.62. The van der Waals surface area contributed by atoms with Gasteiger partial charge in [-0.15, -0.1) is 0 Å². The Balaban J connectivity index is 1.84. The molecule has 0 aliphatic carbocycles. The highest BCUT2D eigenvalue weighted by atomic mass is 16.5. The van der Waals surface area contributed by atoms with Gasteiger partial charge in [-0.1, -0.05) is 38.1 Å². The highest BCUT2D eigenvalue weighted by molar-refractivity contribution is 5.93. The van der Waals surface area contributed by atoms with Crippen molar-refractivity contribution in [3.05, 3.63) is 59.7 Å². The molecular weight excluding hydrogens is 384 g/mol. The first-order valence-electron chi connectivity index (χ1n) is 9.69. The Morgan fingerprint density at radius 3 is 2.43 bits per heavy atom. The van der Waals surface area contributed by atoms with Crippen molar-refractivity contribution in [1.82, 2.24) is 10.9 Å². The zero-order valence-corrected chi connectivity index (χ0v) is 17.7. The van der Waals surface area contributed by atoms with Crippen LogP contribution in [0, 0.1) is 0 Å². The molecule has 0 saturated carbocycles. The van der Waals surface area contributed by atoms with Crippen LogP contribution in [-0.4, -0.2) is 32.6 Å². The van der Waals surface area contributed by atoms with Crippen LogP contribution in [0.4, 0.5) is 0 Å². The number of hydrogen-bond acceptors (Lipinski definition) is 5. The van der Waals surface area contributed by atoms with Gasteiger partial charge in [0, 0.05) is 6.08 Å². The molecule has 0 spiro atoms. The van der Waals surface area contributed by atoms with Crippen molar-refractivity contribution in [2.24, 2.45) is 0 Å². The molecule has 2 aromatic carbocycles. The Hall–Kier alpha value is -3.48. The lowest BCUT2D eigenvalue weighted by atomic mass is 9.98. The summed E-state index contributed by atoms with van der Waals surface area (Å²) < 4.78 is 16.0. The molecule has 2 aromatic rings. The molecule has 2 N–H and O–H groups in total. The SMILES string of the molecule is CCC(C)c1ccccc1OCC(=O)NNC(=O)C=Cc1ccc(OC)c(OC)c1. The Kier molecular flexibility index (Phi) is 8.75. The minimum Gasteiger partial charge on any atom is -0.493 e. The van der Waals surface area contributed by atoms with Crippen molar-refractivity contribution in [3.63, 3.8) is 0 Å². The highest BCUT2D eigenvalue weighted by Gasteiger charge is 2.11. The maximum atomic E-state index is 12.0. The lowest BCUT2D eigenvalue weighted by Gasteiger charge is -2.15. The normalized spacial score (nSPS) is 11.6. The molecule has 0 aromatic heterocycles. The zero-order valence-electron chi connectivity index (χ0n) is 17.7. The minimum atomic E-state index is -0.474. The van der Waals surface area contributed by atoms with E-state index in [0.29, 0.717) is 23.2 Å². The monoisotopic (exact) mass is 412 g/mol. The number of hydrazine groups is 1. The topological polar surface area (TPSA) is 85.9 Å². The molecule has 0 saturated heterocycles. The number of carbonyl (C=O) groups excluding carboxylic acids is 2. The van der Waals surface area contributed by atoms with Gasteiger partial charge in [0.25, 0.3) is 11.8 Å². The van der Waals surface area contributed by atoms with Gasteiger partial charge in [0.15, 0.2) is 18.1 Å². The van der Waals surface area contributed by atoms with Crippen molar-refractivity contribution in [2.75, 3.05) is 20.8 Å². The number of hydrogen-bond donors (Lipinski definition) is 2. The van der Waals surface area contributed by atoms with Gasteiger partial charge in [-0.3, -0.25) is 20.4 Å². The maximum Gasteiger partial charge on any atom is 0.276 e. The summed E-state index contributed by atoms with van der Waals surface area (Å²) in [7, 11) is 3.09. The number of methoxy groups -OCH3 is 2. The second kappa shape index (κ2) is 11.5. The summed E-state index contributed by atoms with van der Waals surface area (Å²) in [5.74, 6) is 1.22. The van der Waals surface area contributed by atoms with Crippen molar-refractivity contribution in [1.29, 1.82) is 0 Å². The molecule has 160 valence electrons. The number of ether oxygens (including phenoxy) is 3. The molecule has 1 atom stereocenters. The van der Waals surface area contributed by atoms with Crippen LogP contribution < -0.4 is 25.1 Å². The number of benzene rings is 2. The van der Waals surface area contributed by atoms with Gasteiger partial charge in [-0.25, -0.2) is 0 Å². The van der Waals surface area contributed by atoms with E-state index >= 15 is 0 Å². The molecule has 0 fully saturated rings. The molecule has 2 rings (SSSR count). The fraction of sp³-hybridized carbons (Fsp3) is 0.304. The predicted molar refractivity (Wildman–Crippen MR) is 116 cm³/mol. The quantitative estimate of drug-likeness (QED) is 0.487. The first-order chi connectivity index (χ1) is 14.5. The Morgan fingerprint density at radius 1 is 1.00 bits per heavy atom. The van der Waals surface area contributed by atoms with E-state index in [1.165, 1.54) is 13.2 Å². The Morgan fingerprint density at radius 2 is 1.73 bits per heavy atom. The molecule has 0 radical (unpaired) electrons. The van der Waals surface area contributed by atoms with Crippen LogP contribution in [0.1, 0.15) is 37.3 Å². The fourth-order valence-corrected chi connectivity index (χ4v) is 2.72. The third kappa shape index (κ3) is 6.55. The maximum absolute atomic E-state index is 12.0. The van der Waals surface area contributed by atoms with Crippen molar-refractivity contribution < 1.29 is 23.8 Å². The zero-order chi connectivity index (χ0) is 21.9. The molecular formula is C23H28N2O5. The number of rotatable bonds is 9. The average molecular weight is 412 g/mol. The molecule has 0 bridgehead atoms. The molecule has 30 heavy (non-hydrogen) atoms. The molecule has 2 amide bonds. The van der Waals surface area contributed by atoms with Gasteiger partial charge in [0.1, 0.15) is 5.75 Å². The van der Waals surface area contributed by atoms with Crippen LogP contribution in [0.2, 0.25) is 0 Å². The van der Waals surface area contributed by atoms with E-state index in [2.05, 4.69) is 24.7 Å². The smallest absolute Gasteiger partial charge is 0.276 e. The number of amides is 2. The van der Waals surface area contributed by atoms with Crippen LogP contribution >= 0.6 is 0 Å². The summed E-state index contributed by atoms with van der Waals surface area (Å²) >= 11 is 0. The van der Waals surface area contributed by atoms with Crippen molar-refractivity contribution in [2.45, 2.75) is 26.2 Å². The lowest BCUT2D eigenvalue weighted by molar-refractivity contribution is -0.128. The summed E-state index contributed by atoms with van der Waals surface area (Å²) in [4.78, 5) is 23.9. The van der Waals surface area contributed by atoms with Crippen LogP contribution in [0.25, 0.3) is 6.08 Å². The van der Waals surface area contributed by atoms with Gasteiger partial charge in [0.2, 0.25) is 0 Å². The largest absolute Gasteiger partial charge is 0.493 e. The van der Waals surface area contributed by atoms with Gasteiger partial charge >= 0.3 is 0 Å². The Bertz CT molecular complexity index is 895. The van der Waals surface area contributed by atoms with Crippen LogP contribution in [-0.2, 0) is 9.59 Å². The highest BCUT2D eigenvalue weighted by Crippen LogP contribution is 2.29. The van der Waals surface area contributed by atoms with Crippen molar-refractivity contribution in [3.8, 4) is 17.2 Å². The Labute approximate surface area is 177 Å². The predicted octanol–water partition coefficient (Wildman–Crippen LogP) is 3.46. The van der Waals surface area contributed by atoms with E-state index in [1.54, 1.807) is 31.4 Å². The standard InChI is InChI=1S/C23H28N2O5/c1-5-16(2)18-8-6-7-9-19(18)30-15-23(27)25-24-22(26)13-11-17-10-12-20(28-3)21(14-17)29-4/h6-14,16H,5,15H2,1-4H3,(H,24,26)(H,25,27). The van der Waals surface area contributed by atoms with E-state index in [1.807, 2.05) is 24.3 Å². The molecule has 7 nitrogen and oxygen atoms in total. The molecule has 0 aliphatic heterocycles. The van der Waals surface area contributed by atoms with Gasteiger partial charge in [-0.2, -0.15) is 0 Å². The summed E-state index contributed by atoms with van der Waals surface area (Å²) in [6.45, 7) is 4.00. The van der Waals surface area contributed by atoms with E-state index in [0.717, 1.165) is 17.5 Å². The summed E-state index contributed by atoms with van der Waals surface area (Å²) in [6, 6.07) is 12.9. The van der Waals surface area contributed by atoms with Crippen molar-refractivity contribution >= 4 is 17.9 Å². The number of nitrogens with one attached hydrogen (secondary N) is 2. The van der Waals surface area contributed by atoms with E-state index in [4.69, 9.17) is 14.2 Å². The molecule has 0 aliphatic rings. The van der Waals surface area contributed by atoms with Gasteiger partial charge < -0.3 is 14.2 Å². The van der Waals surface area contributed by atoms with E-state index in [-0.39, 0.29) is 6.61 Å². The molecule has 0 heterocycles. The third-order valence-corrected chi connectivity index (χ3v) is 4.58. The lowest BCUT2D eigenvalue weighted by Crippen LogP contribution is -2.43.